The zero-order valence-electron chi connectivity index (χ0n) is 67.2. The number of amides is 4. The molecule has 2 fully saturated rings. The molecule has 7 aromatic heterocycles. The first-order chi connectivity index (χ1) is 60.4. The van der Waals surface area contributed by atoms with Gasteiger partial charge in [-0.3, -0.25) is 39.1 Å². The normalized spacial score (nSPS) is 12.7. The Morgan fingerprint density at radius 2 is 0.718 bits per heavy atom. The third kappa shape index (κ3) is 20.9. The number of piperazine rings is 2. The van der Waals surface area contributed by atoms with E-state index in [-0.39, 0.29) is 23.6 Å². The highest BCUT2D eigenvalue weighted by Gasteiger charge is 2.22. The van der Waals surface area contributed by atoms with Gasteiger partial charge in [0.25, 0.3) is 23.6 Å². The summed E-state index contributed by atoms with van der Waals surface area (Å²) in [5.74, 6) is 1.40. The molecule has 2 aliphatic rings. The molecule has 4 amide bonds. The van der Waals surface area contributed by atoms with Crippen LogP contribution in [0, 0.1) is 11.3 Å². The fourth-order valence-electron chi connectivity index (χ4n) is 14.2. The number of carbonyl (C=O) groups is 4. The molecule has 0 bridgehead atoms. The summed E-state index contributed by atoms with van der Waals surface area (Å²) in [5, 5.41) is 46.8. The average molecular weight is 1720 g/mol. The van der Waals surface area contributed by atoms with Crippen LogP contribution in [0.4, 0.5) is 40.2 Å². The molecule has 0 radical (unpaired) electrons. The molecule has 26 heteroatoms. The van der Waals surface area contributed by atoms with E-state index in [1.807, 2.05) is 176 Å². The van der Waals surface area contributed by atoms with Crippen LogP contribution >= 0.6 is 46.4 Å². The Balaban J connectivity index is 0.000000128. The minimum Gasteiger partial charge on any atom is -0.392 e. The second kappa shape index (κ2) is 40.0. The van der Waals surface area contributed by atoms with E-state index < -0.39 is 6.10 Å². The summed E-state index contributed by atoms with van der Waals surface area (Å²) in [7, 11) is 2.12. The Morgan fingerprint density at radius 3 is 1.04 bits per heavy atom. The smallest absolute Gasteiger partial charge is 0.257 e. The van der Waals surface area contributed by atoms with Gasteiger partial charge in [0.05, 0.1) is 77.3 Å². The average Bonchev–Trinajstić information content (AvgIpc) is 0.795. The number of aromatic nitrogens is 7. The van der Waals surface area contributed by atoms with E-state index in [2.05, 4.69) is 88.5 Å². The summed E-state index contributed by atoms with van der Waals surface area (Å²) >= 11 is 25.9. The third-order valence-corrected chi connectivity index (χ3v) is 22.1. The summed E-state index contributed by atoms with van der Waals surface area (Å²) in [6.07, 6.45) is 11.3. The van der Waals surface area contributed by atoms with E-state index in [4.69, 9.17) is 51.7 Å². The lowest BCUT2D eigenvalue weighted by Crippen LogP contribution is -2.44. The van der Waals surface area contributed by atoms with Gasteiger partial charge in [0.2, 0.25) is 0 Å². The van der Waals surface area contributed by atoms with E-state index in [9.17, 15) is 24.3 Å². The summed E-state index contributed by atoms with van der Waals surface area (Å²) in [6, 6.07) is 80.6. The van der Waals surface area contributed by atoms with E-state index in [1.165, 1.54) is 6.20 Å². The third-order valence-electron chi connectivity index (χ3n) is 20.8. The number of nitriles is 1. The quantitative estimate of drug-likeness (QED) is 0.0446. The number of nitrogens with zero attached hydrogens (tertiary/aromatic N) is 11. The fraction of sp³-hybridized carbons (Fsp3) is 0.122. The number of likely N-dealkylation sites (N-methyl/N-ethyl adjacent to an activating group) is 1. The largest absolute Gasteiger partial charge is 0.392 e. The summed E-state index contributed by atoms with van der Waals surface area (Å²) < 4.78 is 0. The molecule has 0 aliphatic carbocycles. The van der Waals surface area contributed by atoms with Crippen molar-refractivity contribution >= 4 is 153 Å². The maximum atomic E-state index is 12.9. The van der Waals surface area contributed by atoms with Crippen molar-refractivity contribution in [1.82, 2.24) is 45.1 Å². The van der Waals surface area contributed by atoms with Crippen molar-refractivity contribution in [2.75, 3.05) is 102 Å². The van der Waals surface area contributed by atoms with Gasteiger partial charge in [-0.2, -0.15) is 5.26 Å². The lowest BCUT2D eigenvalue weighted by molar-refractivity contribution is 0.101. The van der Waals surface area contributed by atoms with Crippen LogP contribution in [-0.4, -0.2) is 141 Å². The zero-order valence-corrected chi connectivity index (χ0v) is 70.3. The topological polar surface area (TPSA) is 284 Å². The number of anilines is 7. The fourth-order valence-corrected chi connectivity index (χ4v) is 15.0. The van der Waals surface area contributed by atoms with Crippen LogP contribution in [0.3, 0.4) is 0 Å². The molecular weight excluding hydrogens is 1640 g/mol. The van der Waals surface area contributed by atoms with Crippen molar-refractivity contribution in [2.45, 2.75) is 13.0 Å². The van der Waals surface area contributed by atoms with Gasteiger partial charge in [-0.1, -0.05) is 143 Å². The Labute approximate surface area is 735 Å². The second-order valence-electron chi connectivity index (χ2n) is 29.3. The first kappa shape index (κ1) is 84.9. The Bertz CT molecular complexity index is 6590. The standard InChI is InChI=1S/C26H24ClN5O.C25H22ClN5O.C24H21ClN4O2.C23H14ClN3O/c1-31-12-14-32(15-13-31)24-9-6-19(17-29-24)26(33)30-20-7-8-23(27)22(16-20)25-21-5-3-2-4-18(21)10-11-28-25;26-22-7-6-19(15-21(22)24-20-4-2-1-3-17(20)9-10-28-24)30-25(32)18-5-8-23(29-16-18)31-13-11-27-12-14-31;1-15(30)13-27-22-9-6-17(14-28-22)24(31)29-18-7-8-21(25)20(12-18)23-19-5-3-2-4-16(19)10-11-26-23;24-21-10-9-18(27-23(28)17-7-5-15(14-25)6-8-17)13-20(21)22-19-4-2-1-3-16(19)11-12-26-22/h2-11,16-17H,12-15H2,1H3,(H,30,33);1-10,15-16,27H,11-14H2,(H,30,32);2-12,14-15,30H,13H2,1H3,(H,27,28)(H,29,31);1-13H,(H,27,28)/t;;15-;/m..0./s1. The number of benzene rings is 9. The molecule has 7 N–H and O–H groups in total. The van der Waals surface area contributed by atoms with Crippen molar-refractivity contribution in [2.24, 2.45) is 0 Å². The molecular formula is C98H81Cl4N17O5. The van der Waals surface area contributed by atoms with Gasteiger partial charge in [0.15, 0.2) is 0 Å². The molecule has 0 unspecified atom stereocenters. The van der Waals surface area contributed by atoms with Crippen LogP contribution in [0.15, 0.2) is 298 Å². The number of rotatable bonds is 17. The highest BCUT2D eigenvalue weighted by Crippen LogP contribution is 2.39. The number of aliphatic hydroxyl groups is 1. The van der Waals surface area contributed by atoms with Gasteiger partial charge in [0.1, 0.15) is 17.5 Å². The first-order valence-corrected chi connectivity index (χ1v) is 41.4. The van der Waals surface area contributed by atoms with E-state index in [1.54, 1.807) is 129 Å². The minimum atomic E-state index is -0.486. The number of halogens is 4. The SMILES string of the molecule is CN1CCN(c2ccc(C(=O)Nc3ccc(Cl)c(-c4nccc5ccccc45)c3)cn2)CC1.C[C@H](O)CNc1ccc(C(=O)Nc2ccc(Cl)c(-c3nccc4ccccc34)c2)cn1.N#Cc1ccc(C(=O)Nc2ccc(Cl)c(-c3nccc4ccccc34)c2)cc1.O=C(Nc1ccc(Cl)c(-c2nccc3ccccc23)c1)c1ccc(N2CCNCC2)nc1. The van der Waals surface area contributed by atoms with Gasteiger partial charge in [-0.25, -0.2) is 15.0 Å². The number of fused-ring (bicyclic) bond motifs is 4. The van der Waals surface area contributed by atoms with Gasteiger partial charge in [-0.05, 0) is 193 Å². The molecule has 18 rings (SSSR count). The van der Waals surface area contributed by atoms with Crippen LogP contribution in [0.2, 0.25) is 20.1 Å². The highest BCUT2D eigenvalue weighted by molar-refractivity contribution is 6.35. The number of nitrogens with one attached hydrogen (secondary N) is 6. The van der Waals surface area contributed by atoms with Crippen LogP contribution < -0.4 is 41.7 Å². The molecule has 0 saturated carbocycles. The lowest BCUT2D eigenvalue weighted by atomic mass is 10.0. The molecule has 2 saturated heterocycles. The molecule has 9 aromatic carbocycles. The van der Waals surface area contributed by atoms with Crippen molar-refractivity contribution in [3.63, 3.8) is 0 Å². The van der Waals surface area contributed by atoms with Gasteiger partial charge >= 0.3 is 0 Å². The number of aliphatic hydroxyl groups excluding tert-OH is 1. The van der Waals surface area contributed by atoms with E-state index >= 15 is 0 Å². The van der Waals surface area contributed by atoms with Gasteiger partial charge in [-0.15, -0.1) is 0 Å². The maximum Gasteiger partial charge on any atom is 0.257 e. The maximum absolute atomic E-state index is 12.9. The molecule has 124 heavy (non-hydrogen) atoms. The molecule has 22 nitrogen and oxygen atoms in total. The van der Waals surface area contributed by atoms with Crippen molar-refractivity contribution in [1.29, 1.82) is 5.26 Å². The molecule has 2 aliphatic heterocycles. The first-order valence-electron chi connectivity index (χ1n) is 39.9. The molecule has 616 valence electrons. The predicted octanol–water partition coefficient (Wildman–Crippen LogP) is 20.2. The highest BCUT2D eigenvalue weighted by atomic mass is 35.5. The van der Waals surface area contributed by atoms with Crippen molar-refractivity contribution in [3.05, 3.63) is 346 Å². The van der Waals surface area contributed by atoms with Crippen LogP contribution in [0.5, 0.6) is 0 Å². The molecule has 9 heterocycles. The summed E-state index contributed by atoms with van der Waals surface area (Å²) in [5.41, 5.74) is 11.0. The monoisotopic (exact) mass is 1720 g/mol. The summed E-state index contributed by atoms with van der Waals surface area (Å²) in [6.45, 7) is 9.65. The summed E-state index contributed by atoms with van der Waals surface area (Å²) in [4.78, 5) is 89.0. The van der Waals surface area contributed by atoms with Crippen molar-refractivity contribution in [3.8, 4) is 51.1 Å². The van der Waals surface area contributed by atoms with Crippen LogP contribution in [0.25, 0.3) is 88.1 Å². The second-order valence-corrected chi connectivity index (χ2v) is 30.9. The van der Waals surface area contributed by atoms with Gasteiger partial charge < -0.3 is 51.7 Å². The van der Waals surface area contributed by atoms with E-state index in [0.29, 0.717) is 83.0 Å². The Kier molecular flexibility index (Phi) is 27.4. The molecule has 1 atom stereocenters. The zero-order chi connectivity index (χ0) is 86.0. The molecule has 0 spiro atoms. The van der Waals surface area contributed by atoms with Crippen molar-refractivity contribution < 1.29 is 24.3 Å². The Morgan fingerprint density at radius 1 is 0.395 bits per heavy atom. The van der Waals surface area contributed by atoms with E-state index in [0.717, 1.165) is 152 Å². The lowest BCUT2D eigenvalue weighted by Gasteiger charge is -2.33. The Hall–Kier alpha value is -14.1. The van der Waals surface area contributed by atoms with Crippen LogP contribution in [0.1, 0.15) is 53.9 Å². The minimum absolute atomic E-state index is 0.216. The number of hydrogen-bond acceptors (Lipinski definition) is 18. The van der Waals surface area contributed by atoms with Crippen LogP contribution in [-0.2, 0) is 0 Å². The predicted molar refractivity (Wildman–Crippen MR) is 499 cm³/mol. The van der Waals surface area contributed by atoms with Gasteiger partial charge in [0, 0.05) is 174 Å². The number of hydrogen-bond donors (Lipinski definition) is 7. The molecule has 16 aromatic rings. The number of pyridine rings is 7. The number of carbonyl (C=O) groups excluding carboxylic acids is 4.